The molecule has 0 radical (unpaired) electrons. The SMILES string of the molecule is Cc1cccc(-c2ccc3c4cc(-c5ccc(-c6cc(-n7c8ccccc8c8cc(-c9ccccc9C)ccc87)ncc6-n6c7ccccc7c7cc(-c8ccccc8C)ccc76)c(C#N)c5)ccc4n(-c4cc(-c5ccccc5C#N)c(-n5c6ccccc6c6ccc(-c7cccc(C)c7)cc65)cn4)c3c2)c1. The highest BCUT2D eigenvalue weighted by Crippen LogP contribution is 2.46. The van der Waals surface area contributed by atoms with Crippen LogP contribution >= 0.6 is 0 Å². The van der Waals surface area contributed by atoms with Gasteiger partial charge in [0.1, 0.15) is 11.6 Å². The van der Waals surface area contributed by atoms with Gasteiger partial charge in [0.05, 0.1) is 91.2 Å². The second-order valence-electron chi connectivity index (χ2n) is 28.6. The zero-order chi connectivity index (χ0) is 72.4. The van der Waals surface area contributed by atoms with Gasteiger partial charge >= 0.3 is 0 Å². The molecule has 0 aliphatic carbocycles. The van der Waals surface area contributed by atoms with Crippen LogP contribution in [0.1, 0.15) is 33.4 Å². The summed E-state index contributed by atoms with van der Waals surface area (Å²) in [6.45, 7) is 8.60. The Morgan fingerprint density at radius 1 is 0.231 bits per heavy atom. The highest BCUT2D eigenvalue weighted by molar-refractivity contribution is 6.15. The Balaban J connectivity index is 0.779. The molecule has 0 aliphatic heterocycles. The van der Waals surface area contributed by atoms with E-state index < -0.39 is 0 Å². The molecule has 0 saturated heterocycles. The van der Waals surface area contributed by atoms with Crippen LogP contribution in [0.25, 0.3) is 188 Å². The first-order valence-corrected chi connectivity index (χ1v) is 36.6. The lowest BCUT2D eigenvalue weighted by molar-refractivity contribution is 1.06. The highest BCUT2D eigenvalue weighted by Gasteiger charge is 2.26. The number of hydrogen-bond donors (Lipinski definition) is 0. The quantitative estimate of drug-likeness (QED) is 0.129. The van der Waals surface area contributed by atoms with Gasteiger partial charge in [0.15, 0.2) is 0 Å². The molecule has 0 atom stereocenters. The Hall–Kier alpha value is -14.4. The summed E-state index contributed by atoms with van der Waals surface area (Å²) in [5.74, 6) is 1.43. The normalized spacial score (nSPS) is 11.7. The second-order valence-corrected chi connectivity index (χ2v) is 28.6. The van der Waals surface area contributed by atoms with E-state index in [1.54, 1.807) is 0 Å². The maximum Gasteiger partial charge on any atom is 0.138 e. The molecule has 20 rings (SSSR count). The average molecular weight is 1380 g/mol. The van der Waals surface area contributed by atoms with Crippen LogP contribution in [0.2, 0.25) is 0 Å². The van der Waals surface area contributed by atoms with Gasteiger partial charge in [-0.05, 0) is 185 Å². The van der Waals surface area contributed by atoms with Crippen LogP contribution in [0.3, 0.4) is 0 Å². The molecule has 0 fully saturated rings. The maximum absolute atomic E-state index is 11.8. The van der Waals surface area contributed by atoms with E-state index >= 15 is 0 Å². The van der Waals surface area contributed by atoms with Gasteiger partial charge in [0.25, 0.3) is 0 Å². The maximum atomic E-state index is 11.8. The van der Waals surface area contributed by atoms with Crippen molar-refractivity contribution in [2.45, 2.75) is 27.7 Å². The summed E-state index contributed by atoms with van der Waals surface area (Å²) in [5, 5.41) is 31.6. The molecule has 8 nitrogen and oxygen atoms in total. The number of aromatic nitrogens is 6. The molecule has 0 N–H and O–H groups in total. The Kier molecular flexibility index (Phi) is 14.7. The minimum atomic E-state index is 0.521. The number of nitriles is 2. The summed E-state index contributed by atoms with van der Waals surface area (Å²) in [7, 11) is 0. The number of rotatable bonds is 11. The van der Waals surface area contributed by atoms with Gasteiger partial charge in [-0.15, -0.1) is 0 Å². The van der Waals surface area contributed by atoms with Crippen LogP contribution in [0, 0.1) is 50.4 Å². The molecule has 20 aromatic rings. The smallest absolute Gasteiger partial charge is 0.138 e. The fourth-order valence-electron chi connectivity index (χ4n) is 17.0. The van der Waals surface area contributed by atoms with Gasteiger partial charge in [-0.25, -0.2) is 9.97 Å². The van der Waals surface area contributed by atoms with Crippen molar-refractivity contribution in [3.8, 4) is 113 Å². The lowest BCUT2D eigenvalue weighted by atomic mass is 9.94. The van der Waals surface area contributed by atoms with Crippen LogP contribution < -0.4 is 0 Å². The van der Waals surface area contributed by atoms with E-state index in [2.05, 4.69) is 355 Å². The van der Waals surface area contributed by atoms with Crippen LogP contribution in [0.4, 0.5) is 0 Å². The van der Waals surface area contributed by atoms with Crippen molar-refractivity contribution in [2.24, 2.45) is 0 Å². The van der Waals surface area contributed by atoms with Crippen molar-refractivity contribution in [3.05, 3.63) is 361 Å². The first-order chi connectivity index (χ1) is 53.1. The largest absolute Gasteiger partial charge is 0.307 e. The van der Waals surface area contributed by atoms with E-state index in [0.717, 1.165) is 171 Å². The highest BCUT2D eigenvalue weighted by atomic mass is 15.1. The van der Waals surface area contributed by atoms with Gasteiger partial charge in [0, 0.05) is 65.3 Å². The van der Waals surface area contributed by atoms with Crippen molar-refractivity contribution in [3.63, 3.8) is 0 Å². The number of fused-ring (bicyclic) bond motifs is 12. The molecule has 0 bridgehead atoms. The van der Waals surface area contributed by atoms with Gasteiger partial charge in [-0.1, -0.05) is 236 Å². The fraction of sp³-hybridized carbons (Fsp3) is 0.0400. The zero-order valence-electron chi connectivity index (χ0n) is 59.8. The average Bonchev–Trinajstić information content (AvgIpc) is 1.77. The summed E-state index contributed by atoms with van der Waals surface area (Å²) in [6.07, 6.45) is 4.01. The third kappa shape index (κ3) is 10.2. The molecule has 0 unspecified atom stereocenters. The lowest BCUT2D eigenvalue weighted by Gasteiger charge is -2.18. The van der Waals surface area contributed by atoms with Crippen molar-refractivity contribution < 1.29 is 0 Å². The number of pyridine rings is 2. The number of nitrogens with zero attached hydrogens (tertiary/aromatic N) is 8. The van der Waals surface area contributed by atoms with E-state index in [1.165, 1.54) is 33.4 Å². The third-order valence-electron chi connectivity index (χ3n) is 22.2. The molecule has 6 heterocycles. The van der Waals surface area contributed by atoms with Crippen LogP contribution in [0.5, 0.6) is 0 Å². The van der Waals surface area contributed by atoms with Gasteiger partial charge in [-0.2, -0.15) is 10.5 Å². The topological polar surface area (TPSA) is 93.1 Å². The molecule has 0 amide bonds. The van der Waals surface area contributed by atoms with E-state index in [1.807, 2.05) is 30.6 Å². The minimum Gasteiger partial charge on any atom is -0.307 e. The van der Waals surface area contributed by atoms with Crippen molar-refractivity contribution in [1.82, 2.24) is 28.2 Å². The van der Waals surface area contributed by atoms with Crippen LogP contribution in [-0.4, -0.2) is 28.2 Å². The number of para-hydroxylation sites is 3. The predicted octanol–water partition coefficient (Wildman–Crippen LogP) is 25.5. The molecule has 108 heavy (non-hydrogen) atoms. The molecule has 14 aromatic carbocycles. The third-order valence-corrected chi connectivity index (χ3v) is 22.2. The summed E-state index contributed by atoms with van der Waals surface area (Å²) >= 11 is 0. The molecule has 0 aliphatic rings. The molecule has 506 valence electrons. The monoisotopic (exact) mass is 1380 g/mol. The van der Waals surface area contributed by atoms with Crippen molar-refractivity contribution in [1.29, 1.82) is 10.5 Å². The van der Waals surface area contributed by atoms with E-state index in [9.17, 15) is 10.5 Å². The van der Waals surface area contributed by atoms with Crippen LogP contribution in [0.15, 0.2) is 328 Å². The first-order valence-electron chi connectivity index (χ1n) is 36.6. The molecule has 8 heteroatoms. The summed E-state index contributed by atoms with van der Waals surface area (Å²) in [4.78, 5) is 11.0. The van der Waals surface area contributed by atoms with Crippen molar-refractivity contribution in [2.75, 3.05) is 0 Å². The second kappa shape index (κ2) is 25.2. The number of benzene rings is 14. The van der Waals surface area contributed by atoms with Crippen molar-refractivity contribution >= 4 is 87.2 Å². The van der Waals surface area contributed by atoms with E-state index in [4.69, 9.17) is 9.97 Å². The molecule has 0 saturated carbocycles. The fourth-order valence-corrected chi connectivity index (χ4v) is 17.0. The van der Waals surface area contributed by atoms with Gasteiger partial charge in [-0.3, -0.25) is 9.13 Å². The standard InChI is InChI=1S/C100H66N8/c1-61-19-17-24-65(47-61)69-36-42-82-79-29-11-14-32-89(79)106(95(82)53-69)98-60-104-100(55-87(98)77-28-10-7-23-73(77)57-101)108-94-44-38-68(50-84(94)83-43-37-70(54-96(83)108)66-25-18-20-62(2)48-66)67-35-41-78(74(49-67)58-102)88-56-99(107-91-34-16-13-31-81(91)86-52-72(40-46-93(86)107)76-27-9-6-22-64(76)4)103-59-97(88)105-90-33-15-12-30-80(90)85-51-71(39-45-92(85)105)75-26-8-5-21-63(75)3/h5-56,59-60H,1-4H3. The van der Waals surface area contributed by atoms with E-state index in [-0.39, 0.29) is 0 Å². The molecule has 6 aromatic heterocycles. The Labute approximate surface area is 624 Å². The predicted molar refractivity (Wildman–Crippen MR) is 446 cm³/mol. The zero-order valence-corrected chi connectivity index (χ0v) is 59.8. The molecular weight excluding hydrogens is 1310 g/mol. The molecule has 0 spiro atoms. The molecular formula is C100H66N8. The number of hydrogen-bond acceptors (Lipinski definition) is 4. The Bertz CT molecular complexity index is 7280. The summed E-state index contributed by atoms with van der Waals surface area (Å²) in [6, 6.07) is 118. The minimum absolute atomic E-state index is 0.521. The van der Waals surface area contributed by atoms with Crippen LogP contribution in [-0.2, 0) is 0 Å². The lowest BCUT2D eigenvalue weighted by Crippen LogP contribution is -2.04. The van der Waals surface area contributed by atoms with E-state index in [0.29, 0.717) is 16.9 Å². The van der Waals surface area contributed by atoms with Gasteiger partial charge < -0.3 is 9.13 Å². The van der Waals surface area contributed by atoms with Gasteiger partial charge in [0.2, 0.25) is 0 Å². The number of aryl methyl sites for hydroxylation is 4. The Morgan fingerprint density at radius 2 is 0.583 bits per heavy atom. The first kappa shape index (κ1) is 63.3. The summed E-state index contributed by atoms with van der Waals surface area (Å²) in [5.41, 5.74) is 30.0. The Morgan fingerprint density at radius 3 is 1.11 bits per heavy atom. The summed E-state index contributed by atoms with van der Waals surface area (Å²) < 4.78 is 9.22.